The number of nitrogens with zero attached hydrogens (tertiary/aromatic N) is 2. The maximum atomic E-state index is 13.7. The third-order valence-electron chi connectivity index (χ3n) is 6.56. The normalized spacial score (nSPS) is 17.7. The molecule has 6 N–H and O–H groups in total. The molecule has 10 heteroatoms. The molecule has 0 radical (unpaired) electrons. The minimum Gasteiger partial charge on any atom is -0.370 e. The second kappa shape index (κ2) is 12.5. The second-order valence-corrected chi connectivity index (χ2v) is 9.46. The Morgan fingerprint density at radius 3 is 2.53 bits per heavy atom. The van der Waals surface area contributed by atoms with Crippen molar-refractivity contribution in [2.45, 2.75) is 37.9 Å². The van der Waals surface area contributed by atoms with Gasteiger partial charge in [-0.2, -0.15) is 0 Å². The van der Waals surface area contributed by atoms with Gasteiger partial charge in [-0.3, -0.25) is 14.6 Å². The van der Waals surface area contributed by atoms with E-state index in [4.69, 9.17) is 11.5 Å². The molecule has 38 heavy (non-hydrogen) atoms. The van der Waals surface area contributed by atoms with Crippen LogP contribution in [0.2, 0.25) is 0 Å². The number of halogens is 2. The highest BCUT2D eigenvalue weighted by molar-refractivity contribution is 5.98. The molecule has 1 heterocycles. The van der Waals surface area contributed by atoms with E-state index in [2.05, 4.69) is 15.6 Å². The third-order valence-corrected chi connectivity index (χ3v) is 6.56. The topological polar surface area (TPSA) is 126 Å². The summed E-state index contributed by atoms with van der Waals surface area (Å²) in [5.74, 6) is -1.78. The van der Waals surface area contributed by atoms with Gasteiger partial charge in [-0.15, -0.1) is 0 Å². The zero-order valence-electron chi connectivity index (χ0n) is 21.0. The fourth-order valence-corrected chi connectivity index (χ4v) is 4.68. The summed E-state index contributed by atoms with van der Waals surface area (Å²) < 4.78 is 27.5. The molecule has 1 aliphatic heterocycles. The van der Waals surface area contributed by atoms with Crippen LogP contribution in [0.3, 0.4) is 0 Å². The number of fused-ring (bicyclic) bond motifs is 1. The van der Waals surface area contributed by atoms with Gasteiger partial charge in [-0.25, -0.2) is 8.78 Å². The molecule has 1 aliphatic rings. The van der Waals surface area contributed by atoms with E-state index in [0.717, 1.165) is 16.8 Å². The van der Waals surface area contributed by atoms with Gasteiger partial charge in [0.15, 0.2) is 5.96 Å². The van der Waals surface area contributed by atoms with Gasteiger partial charge in [0.2, 0.25) is 5.91 Å². The molecule has 2 amide bonds. The molecule has 200 valence electrons. The molecule has 8 nitrogen and oxygen atoms in total. The van der Waals surface area contributed by atoms with Gasteiger partial charge < -0.3 is 27.0 Å². The summed E-state index contributed by atoms with van der Waals surface area (Å²) in [6.45, 7) is 1.12. The van der Waals surface area contributed by atoms with Crippen molar-refractivity contribution in [3.8, 4) is 0 Å². The fraction of sp³-hybridized carbons (Fsp3) is 0.321. The van der Waals surface area contributed by atoms with Crippen molar-refractivity contribution < 1.29 is 18.4 Å². The van der Waals surface area contributed by atoms with Crippen LogP contribution in [0, 0.1) is 11.6 Å². The summed E-state index contributed by atoms with van der Waals surface area (Å²) in [6, 6.07) is 15.9. The third kappa shape index (κ3) is 7.25. The van der Waals surface area contributed by atoms with Gasteiger partial charge in [0.1, 0.15) is 11.6 Å². The van der Waals surface area contributed by atoms with Crippen molar-refractivity contribution in [1.82, 2.24) is 15.5 Å². The molecule has 0 unspecified atom stereocenters. The molecule has 1 fully saturated rings. The standard InChI is InChI=1S/C28H32F2N6O2/c29-22-12-18(13-23(30)15-22)17-36-11-9-24(35-25(27(36)38)6-3-10-33-28(31)32)16-34-26(37)21-8-7-19-4-1-2-5-20(19)14-21/h1-2,4-5,7-8,12-15,24-25,35H,3,6,9-11,16-17H2,(H,34,37)(H4,31,32,33)/t24-,25-/m0/s1. The molecular weight excluding hydrogens is 490 g/mol. The fourth-order valence-electron chi connectivity index (χ4n) is 4.68. The largest absolute Gasteiger partial charge is 0.370 e. The van der Waals surface area contributed by atoms with Crippen LogP contribution in [-0.4, -0.2) is 54.4 Å². The Labute approximate surface area is 220 Å². The number of rotatable bonds is 9. The second-order valence-electron chi connectivity index (χ2n) is 9.46. The summed E-state index contributed by atoms with van der Waals surface area (Å²) in [5, 5.41) is 8.36. The van der Waals surface area contributed by atoms with Crippen molar-refractivity contribution in [3.63, 3.8) is 0 Å². The predicted molar refractivity (Wildman–Crippen MR) is 143 cm³/mol. The van der Waals surface area contributed by atoms with E-state index in [-0.39, 0.29) is 30.4 Å². The molecule has 3 aromatic carbocycles. The van der Waals surface area contributed by atoms with Crippen molar-refractivity contribution >= 4 is 28.5 Å². The molecule has 1 saturated heterocycles. The molecule has 2 atom stereocenters. The van der Waals surface area contributed by atoms with E-state index >= 15 is 0 Å². The molecule has 0 spiro atoms. The summed E-state index contributed by atoms with van der Waals surface area (Å²) >= 11 is 0. The van der Waals surface area contributed by atoms with Crippen LogP contribution in [0.4, 0.5) is 8.78 Å². The van der Waals surface area contributed by atoms with E-state index in [1.807, 2.05) is 36.4 Å². The zero-order chi connectivity index (χ0) is 27.1. The number of carbonyl (C=O) groups excluding carboxylic acids is 2. The molecule has 0 saturated carbocycles. The van der Waals surface area contributed by atoms with Gasteiger partial charge in [0.05, 0.1) is 6.04 Å². The van der Waals surface area contributed by atoms with Crippen LogP contribution in [-0.2, 0) is 11.3 Å². The molecule has 0 aromatic heterocycles. The van der Waals surface area contributed by atoms with Gasteiger partial charge in [0.25, 0.3) is 5.91 Å². The van der Waals surface area contributed by atoms with E-state index in [1.165, 1.54) is 12.1 Å². The first-order valence-corrected chi connectivity index (χ1v) is 12.6. The Balaban J connectivity index is 1.44. The average Bonchev–Trinajstić information content (AvgIpc) is 3.03. The minimum atomic E-state index is -0.691. The van der Waals surface area contributed by atoms with E-state index in [1.54, 1.807) is 11.0 Å². The lowest BCUT2D eigenvalue weighted by atomic mass is 10.1. The van der Waals surface area contributed by atoms with E-state index in [0.29, 0.717) is 50.0 Å². The lowest BCUT2D eigenvalue weighted by Gasteiger charge is -2.25. The van der Waals surface area contributed by atoms with Crippen LogP contribution < -0.4 is 22.1 Å². The monoisotopic (exact) mass is 522 g/mol. The lowest BCUT2D eigenvalue weighted by molar-refractivity contribution is -0.133. The number of guanidine groups is 1. The van der Waals surface area contributed by atoms with Crippen molar-refractivity contribution in [2.24, 2.45) is 16.5 Å². The van der Waals surface area contributed by atoms with Gasteiger partial charge in [-0.05, 0) is 59.9 Å². The molecular formula is C28H32F2N6O2. The predicted octanol–water partition coefficient (Wildman–Crippen LogP) is 2.66. The number of aliphatic imine (C=N–C) groups is 1. The van der Waals surface area contributed by atoms with E-state index in [9.17, 15) is 18.4 Å². The van der Waals surface area contributed by atoms with Crippen molar-refractivity contribution in [3.05, 3.63) is 83.4 Å². The Kier molecular flexibility index (Phi) is 8.85. The number of hydrogen-bond donors (Lipinski definition) is 4. The number of nitrogens with one attached hydrogen (secondary N) is 2. The van der Waals surface area contributed by atoms with Gasteiger partial charge in [0, 0.05) is 43.9 Å². The van der Waals surface area contributed by atoms with Crippen LogP contribution in [0.15, 0.2) is 65.7 Å². The number of amides is 2. The summed E-state index contributed by atoms with van der Waals surface area (Å²) in [5.41, 5.74) is 11.7. The van der Waals surface area contributed by atoms with Crippen molar-refractivity contribution in [2.75, 3.05) is 19.6 Å². The first-order chi connectivity index (χ1) is 18.3. The van der Waals surface area contributed by atoms with Crippen LogP contribution in [0.25, 0.3) is 10.8 Å². The Morgan fingerprint density at radius 2 is 1.79 bits per heavy atom. The maximum absolute atomic E-state index is 13.7. The summed E-state index contributed by atoms with van der Waals surface area (Å²) in [4.78, 5) is 31.8. The number of benzene rings is 3. The SMILES string of the molecule is NC(N)=NCCC[C@@H]1N[C@H](CNC(=O)c2ccc3ccccc3c2)CCN(Cc2cc(F)cc(F)c2)C1=O. The quantitative estimate of drug-likeness (QED) is 0.195. The minimum absolute atomic E-state index is 0.0193. The summed E-state index contributed by atoms with van der Waals surface area (Å²) in [6.07, 6.45) is 1.56. The Hall–Kier alpha value is -4.05. The molecule has 4 rings (SSSR count). The highest BCUT2D eigenvalue weighted by Crippen LogP contribution is 2.18. The number of carbonyl (C=O) groups is 2. The molecule has 0 aliphatic carbocycles. The number of hydrogen-bond acceptors (Lipinski definition) is 4. The highest BCUT2D eigenvalue weighted by atomic mass is 19.1. The van der Waals surface area contributed by atoms with Gasteiger partial charge >= 0.3 is 0 Å². The van der Waals surface area contributed by atoms with E-state index < -0.39 is 17.7 Å². The van der Waals surface area contributed by atoms with Crippen LogP contribution in [0.5, 0.6) is 0 Å². The number of nitrogens with two attached hydrogens (primary N) is 2. The van der Waals surface area contributed by atoms with Gasteiger partial charge in [-0.1, -0.05) is 30.3 Å². The lowest BCUT2D eigenvalue weighted by Crippen LogP contribution is -2.48. The molecule has 3 aromatic rings. The average molecular weight is 523 g/mol. The Morgan fingerprint density at radius 1 is 1.05 bits per heavy atom. The Bertz CT molecular complexity index is 1310. The first-order valence-electron chi connectivity index (χ1n) is 12.6. The smallest absolute Gasteiger partial charge is 0.251 e. The zero-order valence-corrected chi connectivity index (χ0v) is 21.0. The molecule has 0 bridgehead atoms. The highest BCUT2D eigenvalue weighted by Gasteiger charge is 2.31. The summed E-state index contributed by atoms with van der Waals surface area (Å²) in [7, 11) is 0. The van der Waals surface area contributed by atoms with Crippen LogP contribution >= 0.6 is 0 Å². The first kappa shape index (κ1) is 27.0. The van der Waals surface area contributed by atoms with Crippen LogP contribution in [0.1, 0.15) is 35.2 Å². The maximum Gasteiger partial charge on any atom is 0.251 e. The van der Waals surface area contributed by atoms with Crippen molar-refractivity contribution in [1.29, 1.82) is 0 Å².